The SMILES string of the molecule is CCC1(C)C(=O)N(c2ccc(C#N)c(C(F)(F)F)c2)C(=S)N1c1ccc(C)cc1. The highest BCUT2D eigenvalue weighted by Gasteiger charge is 2.52. The monoisotopic (exact) mass is 417 g/mol. The van der Waals surface area contributed by atoms with Gasteiger partial charge in [0, 0.05) is 5.69 Å². The van der Waals surface area contributed by atoms with E-state index in [1.807, 2.05) is 38.1 Å². The van der Waals surface area contributed by atoms with Gasteiger partial charge in [0.2, 0.25) is 0 Å². The second-order valence-corrected chi connectivity index (χ2v) is 7.43. The predicted molar refractivity (Wildman–Crippen MR) is 109 cm³/mol. The first kappa shape index (κ1) is 20.8. The van der Waals surface area contributed by atoms with Crippen molar-refractivity contribution in [1.29, 1.82) is 5.26 Å². The van der Waals surface area contributed by atoms with Gasteiger partial charge in [-0.2, -0.15) is 18.4 Å². The van der Waals surface area contributed by atoms with Crippen LogP contribution in [0.1, 0.15) is 37.0 Å². The number of nitrogens with zero attached hydrogens (tertiary/aromatic N) is 3. The van der Waals surface area contributed by atoms with Crippen molar-refractivity contribution in [3.8, 4) is 6.07 Å². The number of hydrogen-bond donors (Lipinski definition) is 0. The van der Waals surface area contributed by atoms with Crippen molar-refractivity contribution in [2.75, 3.05) is 9.80 Å². The van der Waals surface area contributed by atoms with Gasteiger partial charge in [-0.1, -0.05) is 24.6 Å². The molecule has 4 nitrogen and oxygen atoms in total. The summed E-state index contributed by atoms with van der Waals surface area (Å²) < 4.78 is 40.2. The highest BCUT2D eigenvalue weighted by Crippen LogP contribution is 2.40. The smallest absolute Gasteiger partial charge is 0.303 e. The number of carbonyl (C=O) groups excluding carboxylic acids is 1. The molecule has 1 aliphatic rings. The summed E-state index contributed by atoms with van der Waals surface area (Å²) in [6.45, 7) is 5.47. The molecular formula is C21H18F3N3OS. The lowest BCUT2D eigenvalue weighted by Gasteiger charge is -2.32. The molecule has 0 N–H and O–H groups in total. The fourth-order valence-corrected chi connectivity index (χ4v) is 3.86. The number of halogens is 3. The maximum atomic E-state index is 13.4. The van der Waals surface area contributed by atoms with Gasteiger partial charge < -0.3 is 4.90 Å². The number of rotatable bonds is 3. The van der Waals surface area contributed by atoms with E-state index in [4.69, 9.17) is 17.5 Å². The van der Waals surface area contributed by atoms with Crippen LogP contribution >= 0.6 is 12.2 Å². The highest BCUT2D eigenvalue weighted by atomic mass is 32.1. The Morgan fingerprint density at radius 1 is 1.14 bits per heavy atom. The van der Waals surface area contributed by atoms with Crippen LogP contribution < -0.4 is 9.80 Å². The van der Waals surface area contributed by atoms with Crippen molar-refractivity contribution in [1.82, 2.24) is 0 Å². The Kier molecular flexibility index (Phi) is 5.13. The lowest BCUT2D eigenvalue weighted by molar-refractivity contribution is -0.137. The summed E-state index contributed by atoms with van der Waals surface area (Å²) >= 11 is 5.53. The van der Waals surface area contributed by atoms with Gasteiger partial charge in [0.1, 0.15) is 5.54 Å². The standard InChI is InChI=1S/C21H18F3N3OS/c1-4-20(3)18(28)26(19(29)27(20)15-8-5-13(2)6-9-15)16-10-7-14(12-25)17(11-16)21(22,23)24/h5-11H,4H2,1-3H3. The zero-order valence-electron chi connectivity index (χ0n) is 16.0. The molecule has 1 unspecified atom stereocenters. The van der Waals surface area contributed by atoms with Gasteiger partial charge in [-0.3, -0.25) is 9.69 Å². The number of nitriles is 1. The molecule has 0 spiro atoms. The second kappa shape index (κ2) is 7.16. The Morgan fingerprint density at radius 2 is 1.72 bits per heavy atom. The van der Waals surface area contributed by atoms with E-state index in [2.05, 4.69) is 0 Å². The minimum Gasteiger partial charge on any atom is -0.303 e. The molecule has 0 bridgehead atoms. The Balaban J connectivity index is 2.14. The van der Waals surface area contributed by atoms with Gasteiger partial charge in [0.25, 0.3) is 5.91 Å². The molecule has 1 amide bonds. The van der Waals surface area contributed by atoms with Crippen LogP contribution in [-0.2, 0) is 11.0 Å². The molecular weight excluding hydrogens is 399 g/mol. The van der Waals surface area contributed by atoms with E-state index in [1.54, 1.807) is 17.9 Å². The fraction of sp³-hybridized carbons (Fsp3) is 0.286. The summed E-state index contributed by atoms with van der Waals surface area (Å²) in [5, 5.41) is 9.11. The average Bonchev–Trinajstić information content (AvgIpc) is 2.88. The first-order valence-electron chi connectivity index (χ1n) is 8.91. The van der Waals surface area contributed by atoms with Crippen molar-refractivity contribution in [2.45, 2.75) is 38.9 Å². The number of alkyl halides is 3. The van der Waals surface area contributed by atoms with E-state index < -0.39 is 28.7 Å². The van der Waals surface area contributed by atoms with E-state index in [9.17, 15) is 18.0 Å². The van der Waals surface area contributed by atoms with Crippen LogP contribution in [0.3, 0.4) is 0 Å². The molecule has 0 radical (unpaired) electrons. The molecule has 29 heavy (non-hydrogen) atoms. The van der Waals surface area contributed by atoms with Gasteiger partial charge in [-0.05, 0) is 62.8 Å². The molecule has 2 aromatic carbocycles. The molecule has 3 rings (SSSR count). The number of carbonyl (C=O) groups is 1. The third kappa shape index (κ3) is 3.36. The van der Waals surface area contributed by atoms with Crippen LogP contribution in [-0.4, -0.2) is 16.6 Å². The Hall–Kier alpha value is -2.92. The maximum absolute atomic E-state index is 13.4. The largest absolute Gasteiger partial charge is 0.417 e. The van der Waals surface area contributed by atoms with Crippen LogP contribution in [0.5, 0.6) is 0 Å². The van der Waals surface area contributed by atoms with E-state index in [0.717, 1.165) is 22.6 Å². The molecule has 0 saturated carbocycles. The van der Waals surface area contributed by atoms with Crippen molar-refractivity contribution < 1.29 is 18.0 Å². The number of hydrogen-bond acceptors (Lipinski definition) is 3. The lowest BCUT2D eigenvalue weighted by atomic mass is 9.96. The van der Waals surface area contributed by atoms with E-state index >= 15 is 0 Å². The number of amides is 1. The Labute approximate surface area is 172 Å². The van der Waals surface area contributed by atoms with Crippen LogP contribution in [0, 0.1) is 18.3 Å². The second-order valence-electron chi connectivity index (χ2n) is 7.06. The first-order valence-corrected chi connectivity index (χ1v) is 9.32. The third-order valence-electron chi connectivity index (χ3n) is 5.21. The molecule has 1 atom stereocenters. The van der Waals surface area contributed by atoms with E-state index in [-0.39, 0.29) is 10.8 Å². The minimum atomic E-state index is -4.73. The number of anilines is 2. The zero-order chi connectivity index (χ0) is 21.6. The average molecular weight is 417 g/mol. The van der Waals surface area contributed by atoms with Crippen molar-refractivity contribution in [3.05, 3.63) is 59.2 Å². The molecule has 1 aliphatic heterocycles. The normalized spacial score (nSPS) is 19.6. The maximum Gasteiger partial charge on any atom is 0.417 e. The summed E-state index contributed by atoms with van der Waals surface area (Å²) in [5.41, 5.74) is -0.945. The molecule has 8 heteroatoms. The Morgan fingerprint density at radius 3 is 2.24 bits per heavy atom. The van der Waals surface area contributed by atoms with Gasteiger partial charge in [-0.15, -0.1) is 0 Å². The lowest BCUT2D eigenvalue weighted by Crippen LogP contribution is -2.46. The third-order valence-corrected chi connectivity index (χ3v) is 5.57. The quantitative estimate of drug-likeness (QED) is 0.645. The Bertz CT molecular complexity index is 1030. The number of benzene rings is 2. The van der Waals surface area contributed by atoms with Crippen molar-refractivity contribution >= 4 is 34.6 Å². The van der Waals surface area contributed by atoms with Gasteiger partial charge in [-0.25, -0.2) is 0 Å². The molecule has 1 fully saturated rings. The molecule has 0 aromatic heterocycles. The van der Waals surface area contributed by atoms with Crippen LogP contribution in [0.15, 0.2) is 42.5 Å². The summed E-state index contributed by atoms with van der Waals surface area (Å²) in [7, 11) is 0. The van der Waals surface area contributed by atoms with Gasteiger partial charge >= 0.3 is 6.18 Å². The van der Waals surface area contributed by atoms with Crippen molar-refractivity contribution in [3.63, 3.8) is 0 Å². The van der Waals surface area contributed by atoms with Gasteiger partial charge in [0.05, 0.1) is 22.9 Å². The minimum absolute atomic E-state index is 0.0133. The first-order chi connectivity index (χ1) is 13.5. The molecule has 2 aromatic rings. The van der Waals surface area contributed by atoms with Crippen LogP contribution in [0.25, 0.3) is 0 Å². The highest BCUT2D eigenvalue weighted by molar-refractivity contribution is 7.81. The molecule has 150 valence electrons. The van der Waals surface area contributed by atoms with Crippen molar-refractivity contribution in [2.24, 2.45) is 0 Å². The molecule has 1 saturated heterocycles. The zero-order valence-corrected chi connectivity index (χ0v) is 16.9. The van der Waals surface area contributed by atoms with Crippen LogP contribution in [0.2, 0.25) is 0 Å². The summed E-state index contributed by atoms with van der Waals surface area (Å²) in [4.78, 5) is 16.1. The van der Waals surface area contributed by atoms with E-state index in [0.29, 0.717) is 12.1 Å². The summed E-state index contributed by atoms with van der Waals surface area (Å²) in [5.74, 6) is -0.414. The fourth-order valence-electron chi connectivity index (χ4n) is 3.36. The van der Waals surface area contributed by atoms with E-state index in [1.165, 1.54) is 6.07 Å². The van der Waals surface area contributed by atoms with Crippen LogP contribution in [0.4, 0.5) is 24.5 Å². The number of thiocarbonyl (C=S) groups is 1. The topological polar surface area (TPSA) is 47.3 Å². The summed E-state index contributed by atoms with van der Waals surface area (Å²) in [6, 6.07) is 12.1. The summed E-state index contributed by atoms with van der Waals surface area (Å²) in [6.07, 6.45) is -4.32. The number of aryl methyl sites for hydroxylation is 1. The molecule has 1 heterocycles. The predicted octanol–water partition coefficient (Wildman–Crippen LogP) is 5.19. The molecule has 0 aliphatic carbocycles. The van der Waals surface area contributed by atoms with Gasteiger partial charge in [0.15, 0.2) is 5.11 Å².